The molecule has 1 amide bonds. The number of amidine groups is 1. The number of nitrogens with zero attached hydrogens (tertiary/aromatic N) is 3. The first kappa shape index (κ1) is 32.2. The molecule has 1 saturated heterocycles. The standard InChI is InChI=1S/C31H32F3N5O5S/c32-31(33,34)10-11-39(44-19-20-4-8-26(35)9-5-20)30(41)25-12-24-7-6-23(14-28(24)37-29(36)15-25)22-2-1-3-27(13-22)45(42,43)38-16-21(17-38)18-40/h1-9,12-14,21,40H,10-11,15-19,35H2,(H2,36,37). The van der Waals surface area contributed by atoms with Gasteiger partial charge in [0.15, 0.2) is 0 Å². The van der Waals surface area contributed by atoms with Gasteiger partial charge in [-0.25, -0.2) is 18.5 Å². The molecule has 2 heterocycles. The molecule has 2 aliphatic rings. The molecule has 14 heteroatoms. The second kappa shape index (κ2) is 13.0. The molecule has 0 radical (unpaired) electrons. The second-order valence-electron chi connectivity index (χ2n) is 10.9. The number of aliphatic hydroxyl groups is 1. The van der Waals surface area contributed by atoms with E-state index in [2.05, 4.69) is 4.99 Å². The maximum absolute atomic E-state index is 13.5. The lowest BCUT2D eigenvalue weighted by molar-refractivity contribution is -0.201. The van der Waals surface area contributed by atoms with E-state index in [0.29, 0.717) is 38.7 Å². The number of hydrogen-bond acceptors (Lipinski definition) is 8. The number of anilines is 1. The lowest BCUT2D eigenvalue weighted by Gasteiger charge is -2.36. The number of amides is 1. The fourth-order valence-corrected chi connectivity index (χ4v) is 6.55. The number of hydroxylamine groups is 2. The summed E-state index contributed by atoms with van der Waals surface area (Å²) < 4.78 is 66.8. The van der Waals surface area contributed by atoms with Gasteiger partial charge in [0.05, 0.1) is 23.5 Å². The second-order valence-corrected chi connectivity index (χ2v) is 12.8. The predicted octanol–water partition coefficient (Wildman–Crippen LogP) is 4.24. The number of alkyl halides is 3. The summed E-state index contributed by atoms with van der Waals surface area (Å²) in [4.78, 5) is 23.6. The summed E-state index contributed by atoms with van der Waals surface area (Å²) in [5, 5.41) is 9.94. The molecule has 2 aliphatic heterocycles. The van der Waals surface area contributed by atoms with E-state index in [4.69, 9.17) is 16.3 Å². The molecule has 0 spiro atoms. The van der Waals surface area contributed by atoms with Crippen LogP contribution >= 0.6 is 0 Å². The van der Waals surface area contributed by atoms with Crippen molar-refractivity contribution in [3.05, 3.63) is 83.4 Å². The maximum Gasteiger partial charge on any atom is 0.390 e. The zero-order valence-electron chi connectivity index (χ0n) is 24.1. The van der Waals surface area contributed by atoms with Crippen molar-refractivity contribution >= 4 is 39.2 Å². The smallest absolute Gasteiger partial charge is 0.390 e. The molecule has 0 bridgehead atoms. The van der Waals surface area contributed by atoms with Crippen molar-refractivity contribution in [1.82, 2.24) is 9.37 Å². The van der Waals surface area contributed by atoms with Crippen LogP contribution in [0.4, 0.5) is 24.5 Å². The monoisotopic (exact) mass is 643 g/mol. The highest BCUT2D eigenvalue weighted by Gasteiger charge is 2.36. The van der Waals surface area contributed by atoms with Gasteiger partial charge in [-0.05, 0) is 53.1 Å². The minimum absolute atomic E-state index is 0.0624. The molecule has 238 valence electrons. The van der Waals surface area contributed by atoms with Crippen molar-refractivity contribution in [2.45, 2.75) is 30.5 Å². The molecular weight excluding hydrogens is 611 g/mol. The number of sulfonamides is 1. The molecule has 5 N–H and O–H groups in total. The third-order valence-corrected chi connectivity index (χ3v) is 9.28. The van der Waals surface area contributed by atoms with Crippen LogP contribution in [0.25, 0.3) is 17.2 Å². The minimum Gasteiger partial charge on any atom is -0.399 e. The van der Waals surface area contributed by atoms with Gasteiger partial charge < -0.3 is 16.6 Å². The molecule has 0 unspecified atom stereocenters. The first-order valence-corrected chi connectivity index (χ1v) is 15.5. The van der Waals surface area contributed by atoms with Crippen molar-refractivity contribution in [3.8, 4) is 11.1 Å². The van der Waals surface area contributed by atoms with Crippen molar-refractivity contribution in [1.29, 1.82) is 0 Å². The third-order valence-electron chi connectivity index (χ3n) is 7.45. The van der Waals surface area contributed by atoms with Gasteiger partial charge in [0, 0.05) is 48.9 Å². The highest BCUT2D eigenvalue weighted by Crippen LogP contribution is 2.34. The average Bonchev–Trinajstić information content (AvgIpc) is 3.14. The molecule has 45 heavy (non-hydrogen) atoms. The van der Waals surface area contributed by atoms with E-state index in [1.54, 1.807) is 60.7 Å². The van der Waals surface area contributed by atoms with Crippen LogP contribution in [0.2, 0.25) is 0 Å². The van der Waals surface area contributed by atoms with Gasteiger partial charge in [0.25, 0.3) is 5.91 Å². The number of nitrogen functional groups attached to an aromatic ring is 1. The number of aliphatic hydroxyl groups excluding tert-OH is 1. The van der Waals surface area contributed by atoms with Gasteiger partial charge >= 0.3 is 6.18 Å². The minimum atomic E-state index is -4.52. The van der Waals surface area contributed by atoms with Crippen LogP contribution in [-0.4, -0.2) is 67.1 Å². The van der Waals surface area contributed by atoms with Crippen molar-refractivity contribution in [2.24, 2.45) is 16.6 Å². The molecule has 3 aromatic carbocycles. The Balaban J connectivity index is 1.39. The van der Waals surface area contributed by atoms with Crippen LogP contribution < -0.4 is 11.5 Å². The highest BCUT2D eigenvalue weighted by atomic mass is 32.2. The van der Waals surface area contributed by atoms with E-state index in [1.807, 2.05) is 0 Å². The normalized spacial score (nSPS) is 15.8. The lowest BCUT2D eigenvalue weighted by Crippen LogP contribution is -2.51. The zero-order chi connectivity index (χ0) is 32.4. The Morgan fingerprint density at radius 3 is 2.44 bits per heavy atom. The molecule has 5 rings (SSSR count). The van der Waals surface area contributed by atoms with Crippen LogP contribution in [0.5, 0.6) is 0 Å². The number of carbonyl (C=O) groups excluding carboxylic acids is 1. The first-order valence-electron chi connectivity index (χ1n) is 14.1. The Morgan fingerprint density at radius 2 is 1.76 bits per heavy atom. The van der Waals surface area contributed by atoms with Gasteiger partial charge in [-0.1, -0.05) is 36.4 Å². The summed E-state index contributed by atoms with van der Waals surface area (Å²) in [6.07, 6.45) is -4.40. The van der Waals surface area contributed by atoms with E-state index < -0.39 is 35.1 Å². The Morgan fingerprint density at radius 1 is 1.04 bits per heavy atom. The lowest BCUT2D eigenvalue weighted by atomic mass is 10.0. The fourth-order valence-electron chi connectivity index (χ4n) is 4.91. The number of halogens is 3. The van der Waals surface area contributed by atoms with E-state index in [0.717, 1.165) is 0 Å². The average molecular weight is 644 g/mol. The van der Waals surface area contributed by atoms with Crippen molar-refractivity contribution in [3.63, 3.8) is 0 Å². The molecule has 0 atom stereocenters. The van der Waals surface area contributed by atoms with Crippen LogP contribution in [0.1, 0.15) is 24.0 Å². The predicted molar refractivity (Wildman–Crippen MR) is 163 cm³/mol. The van der Waals surface area contributed by atoms with E-state index in [-0.39, 0.29) is 54.9 Å². The molecule has 0 aromatic heterocycles. The third kappa shape index (κ3) is 7.71. The SMILES string of the molecule is NC1=Nc2cc(-c3cccc(S(=O)(=O)N4CC(CO)C4)c3)ccc2C=C(C(=O)N(CCC(F)(F)F)OCc2ccc(N)cc2)C1. The summed E-state index contributed by atoms with van der Waals surface area (Å²) >= 11 is 0. The molecule has 10 nitrogen and oxygen atoms in total. The molecule has 0 saturated carbocycles. The summed E-state index contributed by atoms with van der Waals surface area (Å²) in [7, 11) is -3.74. The number of nitrogens with two attached hydrogens (primary N) is 2. The Labute approximate surface area is 258 Å². The van der Waals surface area contributed by atoms with Crippen molar-refractivity contribution in [2.75, 3.05) is 32.0 Å². The summed E-state index contributed by atoms with van der Waals surface area (Å²) in [6.45, 7) is -0.453. The molecular formula is C31H32F3N5O5S. The Kier molecular flexibility index (Phi) is 9.30. The highest BCUT2D eigenvalue weighted by molar-refractivity contribution is 7.89. The van der Waals surface area contributed by atoms with Gasteiger partial charge in [-0.15, -0.1) is 0 Å². The summed E-state index contributed by atoms with van der Waals surface area (Å²) in [6, 6.07) is 18.1. The number of rotatable bonds is 10. The largest absolute Gasteiger partial charge is 0.399 e. The van der Waals surface area contributed by atoms with Gasteiger partial charge in [0.2, 0.25) is 10.0 Å². The zero-order valence-corrected chi connectivity index (χ0v) is 24.9. The number of fused-ring (bicyclic) bond motifs is 1. The van der Waals surface area contributed by atoms with E-state index in [1.165, 1.54) is 16.4 Å². The Hall–Kier alpha value is -4.24. The fraction of sp³-hybridized carbons (Fsp3) is 0.290. The molecule has 1 fully saturated rings. The van der Waals surface area contributed by atoms with Crippen LogP contribution in [-0.2, 0) is 26.3 Å². The van der Waals surface area contributed by atoms with Gasteiger partial charge in [-0.2, -0.15) is 17.5 Å². The number of carbonyl (C=O) groups is 1. The van der Waals surface area contributed by atoms with Crippen molar-refractivity contribution < 1.29 is 36.3 Å². The number of hydrogen-bond donors (Lipinski definition) is 3. The van der Waals surface area contributed by atoms with Crippen LogP contribution in [0.3, 0.4) is 0 Å². The van der Waals surface area contributed by atoms with E-state index >= 15 is 0 Å². The topological polar surface area (TPSA) is 152 Å². The number of aliphatic imine (C=N–C) groups is 1. The summed E-state index contributed by atoms with van der Waals surface area (Å²) in [5.41, 5.74) is 15.2. The number of benzene rings is 3. The Bertz CT molecular complexity index is 1740. The van der Waals surface area contributed by atoms with Gasteiger partial charge in [0.1, 0.15) is 12.4 Å². The quantitative estimate of drug-likeness (QED) is 0.221. The van der Waals surface area contributed by atoms with Crippen LogP contribution in [0, 0.1) is 5.92 Å². The maximum atomic E-state index is 13.5. The van der Waals surface area contributed by atoms with Crippen LogP contribution in [0.15, 0.2) is 82.2 Å². The van der Waals surface area contributed by atoms with E-state index in [9.17, 15) is 31.5 Å². The molecule has 0 aliphatic carbocycles. The van der Waals surface area contributed by atoms with Gasteiger partial charge in [-0.3, -0.25) is 9.63 Å². The molecule has 3 aromatic rings. The summed E-state index contributed by atoms with van der Waals surface area (Å²) in [5.74, 6) is -0.794. The first-order chi connectivity index (χ1) is 21.3.